The Kier molecular flexibility index (Phi) is 5.25. The van der Waals surface area contributed by atoms with Crippen LogP contribution in [0, 0.1) is 5.92 Å². The fourth-order valence-corrected chi connectivity index (χ4v) is 2.61. The Hall–Kier alpha value is -1.60. The number of carbonyl (C=O) groups is 1. The zero-order chi connectivity index (χ0) is 18.1. The van der Waals surface area contributed by atoms with Crippen molar-refractivity contribution in [2.45, 2.75) is 45.0 Å². The van der Waals surface area contributed by atoms with Gasteiger partial charge in [0.05, 0.1) is 10.6 Å². The molecule has 2 rings (SSSR count). The molecule has 8 heteroatoms. The number of nitrogens with zero attached hydrogens (tertiary/aromatic N) is 2. The summed E-state index contributed by atoms with van der Waals surface area (Å²) < 4.78 is 40.2. The van der Waals surface area contributed by atoms with E-state index in [2.05, 4.69) is 5.10 Å². The smallest absolute Gasteiger partial charge is 0.362 e. The van der Waals surface area contributed by atoms with Crippen LogP contribution in [0.3, 0.4) is 0 Å². The van der Waals surface area contributed by atoms with Gasteiger partial charge in [0, 0.05) is 12.1 Å². The van der Waals surface area contributed by atoms with Crippen molar-refractivity contribution in [2.24, 2.45) is 11.0 Å². The number of rotatable bonds is 4. The first-order chi connectivity index (χ1) is 11.1. The van der Waals surface area contributed by atoms with Gasteiger partial charge in [-0.05, 0) is 30.9 Å². The fraction of sp³-hybridized carbons (Fsp3) is 0.500. The van der Waals surface area contributed by atoms with E-state index in [4.69, 9.17) is 11.6 Å². The molecule has 0 saturated carbocycles. The highest BCUT2D eigenvalue weighted by atomic mass is 35.5. The van der Waals surface area contributed by atoms with Gasteiger partial charge in [0.15, 0.2) is 0 Å². The second-order valence-corrected chi connectivity index (χ2v) is 6.59. The molecule has 132 valence electrons. The van der Waals surface area contributed by atoms with Gasteiger partial charge >= 0.3 is 6.18 Å². The summed E-state index contributed by atoms with van der Waals surface area (Å²) in [6, 6.07) is 5.71. The summed E-state index contributed by atoms with van der Waals surface area (Å²) in [6.45, 7) is 3.86. The Morgan fingerprint density at radius 3 is 2.58 bits per heavy atom. The summed E-state index contributed by atoms with van der Waals surface area (Å²) in [6.07, 6.45) is -4.89. The van der Waals surface area contributed by atoms with Crippen molar-refractivity contribution in [2.75, 3.05) is 0 Å². The lowest BCUT2D eigenvalue weighted by Gasteiger charge is -2.32. The van der Waals surface area contributed by atoms with Crippen LogP contribution >= 0.6 is 11.6 Å². The SMILES string of the molecule is CC(C)CCC1=NN(C(=O)c2ccccc2Cl)[C@](O)(C(F)(F)F)C1. The zero-order valence-corrected chi connectivity index (χ0v) is 14.0. The lowest BCUT2D eigenvalue weighted by Crippen LogP contribution is -2.56. The standard InChI is InChI=1S/C16H18ClF3N2O2/c1-10(2)7-8-11-9-15(24,16(18,19)20)22(21-11)14(23)12-5-3-4-6-13(12)17/h3-6,10,24H,7-9H2,1-2H3/t15-/m1/s1. The van der Waals surface area contributed by atoms with E-state index in [9.17, 15) is 23.1 Å². The van der Waals surface area contributed by atoms with Crippen LogP contribution in [-0.4, -0.2) is 33.6 Å². The Morgan fingerprint density at radius 2 is 2.04 bits per heavy atom. The van der Waals surface area contributed by atoms with E-state index >= 15 is 0 Å². The van der Waals surface area contributed by atoms with Crippen molar-refractivity contribution in [1.29, 1.82) is 0 Å². The molecule has 24 heavy (non-hydrogen) atoms. The summed E-state index contributed by atoms with van der Waals surface area (Å²) in [4.78, 5) is 12.5. The number of hydrogen-bond donors (Lipinski definition) is 1. The maximum absolute atomic E-state index is 13.4. The highest BCUT2D eigenvalue weighted by Gasteiger charge is 2.63. The summed E-state index contributed by atoms with van der Waals surface area (Å²) in [5, 5.41) is 14.1. The minimum absolute atomic E-state index is 0.00199. The van der Waals surface area contributed by atoms with Crippen LogP contribution in [0.5, 0.6) is 0 Å². The minimum atomic E-state index is -5.03. The van der Waals surface area contributed by atoms with Crippen LogP contribution in [0.15, 0.2) is 29.4 Å². The second kappa shape index (κ2) is 6.72. The first kappa shape index (κ1) is 18.7. The molecule has 0 aliphatic carbocycles. The second-order valence-electron chi connectivity index (χ2n) is 6.19. The number of amides is 1. The van der Waals surface area contributed by atoms with Gasteiger partial charge in [-0.15, -0.1) is 0 Å². The Balaban J connectivity index is 2.38. The molecule has 1 atom stereocenters. The average Bonchev–Trinajstić information content (AvgIpc) is 2.83. The maximum Gasteiger partial charge on any atom is 0.438 e. The van der Waals surface area contributed by atoms with Gasteiger partial charge in [-0.2, -0.15) is 23.3 Å². The Bertz CT molecular complexity index is 661. The molecule has 1 aromatic rings. The molecule has 0 bridgehead atoms. The fourth-order valence-electron chi connectivity index (χ4n) is 2.40. The van der Waals surface area contributed by atoms with E-state index in [1.165, 1.54) is 18.2 Å². The number of hydrazone groups is 1. The molecule has 0 unspecified atom stereocenters. The molecule has 4 nitrogen and oxygen atoms in total. The maximum atomic E-state index is 13.4. The summed E-state index contributed by atoms with van der Waals surface area (Å²) in [5.41, 5.74) is -3.35. The third-order valence-electron chi connectivity index (χ3n) is 3.80. The predicted molar refractivity (Wildman–Crippen MR) is 84.8 cm³/mol. The van der Waals surface area contributed by atoms with Crippen molar-refractivity contribution in [3.8, 4) is 0 Å². The van der Waals surface area contributed by atoms with Crippen LogP contribution in [0.25, 0.3) is 0 Å². The summed E-state index contributed by atoms with van der Waals surface area (Å²) >= 11 is 5.89. The first-order valence-electron chi connectivity index (χ1n) is 7.51. The topological polar surface area (TPSA) is 52.9 Å². The Labute approximate surface area is 142 Å². The molecule has 1 aromatic carbocycles. The highest BCUT2D eigenvalue weighted by Crippen LogP contribution is 2.42. The van der Waals surface area contributed by atoms with E-state index < -0.39 is 24.2 Å². The van der Waals surface area contributed by atoms with Crippen molar-refractivity contribution in [3.05, 3.63) is 34.9 Å². The highest BCUT2D eigenvalue weighted by molar-refractivity contribution is 6.33. The monoisotopic (exact) mass is 362 g/mol. The zero-order valence-electron chi connectivity index (χ0n) is 13.3. The Morgan fingerprint density at radius 1 is 1.42 bits per heavy atom. The predicted octanol–water partition coefficient (Wildman–Crippen LogP) is 4.23. The van der Waals surface area contributed by atoms with E-state index in [0.717, 1.165) is 0 Å². The minimum Gasteiger partial charge on any atom is -0.362 e. The summed E-state index contributed by atoms with van der Waals surface area (Å²) in [7, 11) is 0. The van der Waals surface area contributed by atoms with E-state index in [1.54, 1.807) is 6.07 Å². The van der Waals surface area contributed by atoms with Crippen LogP contribution in [-0.2, 0) is 0 Å². The number of hydrogen-bond acceptors (Lipinski definition) is 3. The number of alkyl halides is 3. The van der Waals surface area contributed by atoms with Gasteiger partial charge in [-0.25, -0.2) is 0 Å². The summed E-state index contributed by atoms with van der Waals surface area (Å²) in [5.74, 6) is -0.819. The molecule has 1 amide bonds. The molecule has 0 radical (unpaired) electrons. The molecule has 0 aromatic heterocycles. The lowest BCUT2D eigenvalue weighted by molar-refractivity contribution is -0.297. The van der Waals surface area contributed by atoms with E-state index in [-0.39, 0.29) is 33.6 Å². The molecule has 1 heterocycles. The lowest BCUT2D eigenvalue weighted by atomic mass is 9.99. The first-order valence-corrected chi connectivity index (χ1v) is 7.88. The number of aliphatic hydroxyl groups is 1. The third-order valence-corrected chi connectivity index (χ3v) is 4.13. The van der Waals surface area contributed by atoms with E-state index in [0.29, 0.717) is 6.42 Å². The van der Waals surface area contributed by atoms with Crippen LogP contribution in [0.4, 0.5) is 13.2 Å². The van der Waals surface area contributed by atoms with Crippen molar-refractivity contribution >= 4 is 23.2 Å². The van der Waals surface area contributed by atoms with Gasteiger partial charge in [0.1, 0.15) is 0 Å². The molecular weight excluding hydrogens is 345 g/mol. The van der Waals surface area contributed by atoms with Crippen LogP contribution in [0.1, 0.15) is 43.5 Å². The van der Waals surface area contributed by atoms with Gasteiger partial charge in [0.2, 0.25) is 0 Å². The van der Waals surface area contributed by atoms with Crippen LogP contribution in [0.2, 0.25) is 5.02 Å². The molecule has 0 saturated heterocycles. The molecule has 1 aliphatic heterocycles. The quantitative estimate of drug-likeness (QED) is 0.871. The molecule has 1 aliphatic rings. The number of benzene rings is 1. The molecular formula is C16H18ClF3N2O2. The number of carbonyl (C=O) groups excluding carboxylic acids is 1. The van der Waals surface area contributed by atoms with Crippen LogP contribution < -0.4 is 0 Å². The molecule has 0 fully saturated rings. The van der Waals surface area contributed by atoms with Gasteiger partial charge in [-0.3, -0.25) is 4.79 Å². The average molecular weight is 363 g/mol. The van der Waals surface area contributed by atoms with Crippen molar-refractivity contribution in [3.63, 3.8) is 0 Å². The van der Waals surface area contributed by atoms with Crippen molar-refractivity contribution in [1.82, 2.24) is 5.01 Å². The number of halogens is 4. The normalized spacial score (nSPS) is 21.3. The molecule has 1 N–H and O–H groups in total. The van der Waals surface area contributed by atoms with Crippen molar-refractivity contribution < 1.29 is 23.1 Å². The van der Waals surface area contributed by atoms with Gasteiger partial charge in [-0.1, -0.05) is 37.6 Å². The molecule has 0 spiro atoms. The third kappa shape index (κ3) is 3.57. The largest absolute Gasteiger partial charge is 0.438 e. The van der Waals surface area contributed by atoms with E-state index in [1.807, 2.05) is 13.8 Å². The van der Waals surface area contributed by atoms with Gasteiger partial charge < -0.3 is 5.11 Å². The van der Waals surface area contributed by atoms with Gasteiger partial charge in [0.25, 0.3) is 11.6 Å².